The van der Waals surface area contributed by atoms with Crippen LogP contribution >= 0.6 is 0 Å². The number of rotatable bonds is 7. The summed E-state index contributed by atoms with van der Waals surface area (Å²) in [6.07, 6.45) is 0. The smallest absolute Gasteiger partial charge is 0.216 e. The highest BCUT2D eigenvalue weighted by molar-refractivity contribution is 6.77. The molecule has 0 aromatic rings. The first-order chi connectivity index (χ1) is 6.76. The molecule has 0 rings (SSSR count). The Bertz CT molecular complexity index is 207. The fourth-order valence-electron chi connectivity index (χ4n) is 0.872. The van der Waals surface area contributed by atoms with Gasteiger partial charge in [0.1, 0.15) is 5.91 Å². The van der Waals surface area contributed by atoms with Crippen LogP contribution in [-0.2, 0) is 8.85 Å². The molecule has 0 aliphatic carbocycles. The van der Waals surface area contributed by atoms with Crippen LogP contribution in [0, 0.1) is 0 Å². The van der Waals surface area contributed by atoms with Crippen molar-refractivity contribution >= 4 is 26.4 Å². The first kappa shape index (κ1) is 15.0. The SMILES string of the molecule is C=C[Si](C)(C)OC(O[Si](C)(C)C=C)[SiH2]O. The number of hydrogen-bond acceptors (Lipinski definition) is 3. The molecule has 0 saturated heterocycles. The van der Waals surface area contributed by atoms with E-state index < -0.39 is 32.3 Å². The Labute approximate surface area is 97.0 Å². The summed E-state index contributed by atoms with van der Waals surface area (Å²) in [7, 11) is -5.07. The molecule has 0 spiro atoms. The quantitative estimate of drug-likeness (QED) is 0.554. The molecule has 88 valence electrons. The predicted molar refractivity (Wildman–Crippen MR) is 72.1 cm³/mol. The minimum absolute atomic E-state index is 0.413. The van der Waals surface area contributed by atoms with Gasteiger partial charge in [0.25, 0.3) is 0 Å². The average molecular weight is 263 g/mol. The van der Waals surface area contributed by atoms with E-state index >= 15 is 0 Å². The number of hydrogen-bond donors (Lipinski definition) is 1. The maximum atomic E-state index is 9.31. The molecule has 1 N–H and O–H groups in total. The van der Waals surface area contributed by atoms with E-state index in [2.05, 4.69) is 13.2 Å². The summed E-state index contributed by atoms with van der Waals surface area (Å²) in [6.45, 7) is 15.6. The Hall–Kier alpha value is 0.0106. The fourth-order valence-corrected chi connectivity index (χ4v) is 5.79. The summed E-state index contributed by atoms with van der Waals surface area (Å²) in [6, 6.07) is 0. The zero-order valence-corrected chi connectivity index (χ0v) is 13.5. The molecule has 0 aromatic heterocycles. The van der Waals surface area contributed by atoms with Crippen molar-refractivity contribution in [1.29, 1.82) is 0 Å². The van der Waals surface area contributed by atoms with Gasteiger partial charge in [-0.15, -0.1) is 13.2 Å². The van der Waals surface area contributed by atoms with Crippen LogP contribution in [-0.4, -0.2) is 37.1 Å². The maximum Gasteiger partial charge on any atom is 0.216 e. The molecule has 0 radical (unpaired) electrons. The van der Waals surface area contributed by atoms with E-state index in [-0.39, 0.29) is 0 Å². The van der Waals surface area contributed by atoms with E-state index in [1.54, 1.807) is 0 Å². The van der Waals surface area contributed by atoms with E-state index in [0.717, 1.165) is 0 Å². The van der Waals surface area contributed by atoms with Crippen molar-refractivity contribution in [2.75, 3.05) is 0 Å². The highest BCUT2D eigenvalue weighted by Crippen LogP contribution is 2.14. The van der Waals surface area contributed by atoms with Crippen LogP contribution in [0.1, 0.15) is 0 Å². The molecule has 0 fully saturated rings. The monoisotopic (exact) mass is 262 g/mol. The minimum Gasteiger partial charge on any atom is -0.432 e. The van der Waals surface area contributed by atoms with E-state index in [1.165, 1.54) is 0 Å². The Morgan fingerprint density at radius 3 is 1.60 bits per heavy atom. The van der Waals surface area contributed by atoms with Gasteiger partial charge in [0.2, 0.25) is 26.4 Å². The molecular weight excluding hydrogens is 240 g/mol. The standard InChI is InChI=1S/C9H22O3Si3/c1-7-14(3,4)11-9(13-10)12-15(5,6)8-2/h7-10H,1-2,13H2,3-6H3. The van der Waals surface area contributed by atoms with Crippen LogP contribution < -0.4 is 0 Å². The molecule has 0 aliphatic rings. The normalized spacial score (nSPS) is 13.7. The lowest BCUT2D eigenvalue weighted by molar-refractivity contribution is 0.0545. The molecule has 0 heterocycles. The highest BCUT2D eigenvalue weighted by Gasteiger charge is 2.28. The van der Waals surface area contributed by atoms with Crippen molar-refractivity contribution < 1.29 is 13.6 Å². The third-order valence-corrected chi connectivity index (χ3v) is 7.01. The van der Waals surface area contributed by atoms with Gasteiger partial charge < -0.3 is 13.6 Å². The fraction of sp³-hybridized carbons (Fsp3) is 0.556. The lowest BCUT2D eigenvalue weighted by Crippen LogP contribution is -2.44. The topological polar surface area (TPSA) is 38.7 Å². The maximum absolute atomic E-state index is 9.31. The third kappa shape index (κ3) is 6.23. The second-order valence-corrected chi connectivity index (χ2v) is 13.2. The van der Waals surface area contributed by atoms with Crippen LogP contribution in [0.5, 0.6) is 0 Å². The largest absolute Gasteiger partial charge is 0.432 e. The van der Waals surface area contributed by atoms with Gasteiger partial charge in [-0.2, -0.15) is 0 Å². The molecule has 0 atom stereocenters. The van der Waals surface area contributed by atoms with E-state index in [1.807, 2.05) is 37.6 Å². The van der Waals surface area contributed by atoms with Gasteiger partial charge in [-0.05, 0) is 26.2 Å². The second-order valence-electron chi connectivity index (χ2n) is 4.46. The second kappa shape index (κ2) is 5.92. The van der Waals surface area contributed by atoms with Crippen LogP contribution in [0.4, 0.5) is 0 Å². The van der Waals surface area contributed by atoms with Gasteiger partial charge in [0, 0.05) is 0 Å². The highest BCUT2D eigenvalue weighted by atomic mass is 28.4. The summed E-state index contributed by atoms with van der Waals surface area (Å²) in [5.74, 6) is -0.413. The van der Waals surface area contributed by atoms with Crippen molar-refractivity contribution in [3.05, 3.63) is 24.6 Å². The van der Waals surface area contributed by atoms with Crippen LogP contribution in [0.2, 0.25) is 26.2 Å². The Balaban J connectivity index is 4.39. The molecule has 6 heteroatoms. The molecule has 0 bridgehead atoms. The molecule has 0 aromatic carbocycles. The van der Waals surface area contributed by atoms with E-state index in [4.69, 9.17) is 8.85 Å². The first-order valence-corrected chi connectivity index (χ1v) is 12.4. The molecular formula is C9H22O3Si3. The van der Waals surface area contributed by atoms with Gasteiger partial charge in [-0.3, -0.25) is 0 Å². The van der Waals surface area contributed by atoms with Crippen molar-refractivity contribution in [2.24, 2.45) is 0 Å². The van der Waals surface area contributed by atoms with Crippen LogP contribution in [0.3, 0.4) is 0 Å². The molecule has 0 unspecified atom stereocenters. The summed E-state index contributed by atoms with van der Waals surface area (Å²) in [5, 5.41) is 0. The molecule has 3 nitrogen and oxygen atoms in total. The van der Waals surface area contributed by atoms with Gasteiger partial charge in [-0.1, -0.05) is 11.4 Å². The van der Waals surface area contributed by atoms with Gasteiger partial charge in [-0.25, -0.2) is 0 Å². The summed E-state index contributed by atoms with van der Waals surface area (Å²) >= 11 is 0. The van der Waals surface area contributed by atoms with E-state index in [9.17, 15) is 4.80 Å². The van der Waals surface area contributed by atoms with Crippen LogP contribution in [0.25, 0.3) is 0 Å². The van der Waals surface area contributed by atoms with Crippen molar-refractivity contribution in [1.82, 2.24) is 0 Å². The lowest BCUT2D eigenvalue weighted by Gasteiger charge is -2.30. The lowest BCUT2D eigenvalue weighted by atomic mass is 11.3. The zero-order valence-electron chi connectivity index (χ0n) is 10.1. The van der Waals surface area contributed by atoms with Crippen molar-refractivity contribution in [2.45, 2.75) is 32.1 Å². The summed E-state index contributed by atoms with van der Waals surface area (Å²) < 4.78 is 11.5. The summed E-state index contributed by atoms with van der Waals surface area (Å²) in [4.78, 5) is 9.31. The van der Waals surface area contributed by atoms with Gasteiger partial charge in [0.15, 0.2) is 0 Å². The van der Waals surface area contributed by atoms with Crippen molar-refractivity contribution in [3.63, 3.8) is 0 Å². The Morgan fingerprint density at radius 2 is 1.40 bits per heavy atom. The minimum atomic E-state index is -1.87. The van der Waals surface area contributed by atoms with Crippen molar-refractivity contribution in [3.8, 4) is 0 Å². The Kier molecular flexibility index (Phi) is 5.93. The average Bonchev–Trinajstić information content (AvgIpc) is 2.16. The van der Waals surface area contributed by atoms with E-state index in [0.29, 0.717) is 0 Å². The Morgan fingerprint density at radius 1 is 1.07 bits per heavy atom. The first-order valence-electron chi connectivity index (χ1n) is 5.00. The molecule has 0 saturated carbocycles. The summed E-state index contributed by atoms with van der Waals surface area (Å²) in [5.41, 5.74) is 3.69. The molecule has 0 amide bonds. The third-order valence-electron chi connectivity index (χ3n) is 2.00. The predicted octanol–water partition coefficient (Wildman–Crippen LogP) is 1.24. The molecule has 15 heavy (non-hydrogen) atoms. The van der Waals surface area contributed by atoms with Gasteiger partial charge in [0.05, 0.1) is 0 Å². The van der Waals surface area contributed by atoms with Crippen LogP contribution in [0.15, 0.2) is 24.6 Å². The zero-order chi connectivity index (χ0) is 12.1. The van der Waals surface area contributed by atoms with Gasteiger partial charge >= 0.3 is 0 Å². The molecule has 0 aliphatic heterocycles.